The van der Waals surface area contributed by atoms with Crippen LogP contribution in [0.4, 0.5) is 4.39 Å². The first-order valence-corrected chi connectivity index (χ1v) is 4.12. The zero-order valence-electron chi connectivity index (χ0n) is 7.07. The molecule has 1 rings (SSSR count). The molecule has 0 saturated carbocycles. The third-order valence-corrected chi connectivity index (χ3v) is 2.10. The van der Waals surface area contributed by atoms with Crippen LogP contribution >= 0.6 is 11.6 Å². The molecule has 0 saturated heterocycles. The van der Waals surface area contributed by atoms with Crippen molar-refractivity contribution in [3.05, 3.63) is 34.1 Å². The normalized spacial score (nSPS) is 13.1. The van der Waals surface area contributed by atoms with Crippen LogP contribution in [-0.2, 0) is 0 Å². The second kappa shape index (κ2) is 3.42. The highest BCUT2D eigenvalue weighted by Gasteiger charge is 2.12. The number of aryl methyl sites for hydroxylation is 1. The molecular formula is C9H11ClFN. The first-order chi connectivity index (χ1) is 5.54. The van der Waals surface area contributed by atoms with Gasteiger partial charge in [-0.1, -0.05) is 17.7 Å². The topological polar surface area (TPSA) is 26.0 Å². The van der Waals surface area contributed by atoms with E-state index < -0.39 is 0 Å². The molecule has 0 radical (unpaired) electrons. The minimum absolute atomic E-state index is 0.294. The maximum atomic E-state index is 13.3. The van der Waals surface area contributed by atoms with Gasteiger partial charge in [0.15, 0.2) is 0 Å². The molecule has 0 aromatic heterocycles. The van der Waals surface area contributed by atoms with Crippen molar-refractivity contribution in [1.29, 1.82) is 0 Å². The van der Waals surface area contributed by atoms with Crippen molar-refractivity contribution in [1.82, 2.24) is 0 Å². The molecular weight excluding hydrogens is 177 g/mol. The monoisotopic (exact) mass is 187 g/mol. The van der Waals surface area contributed by atoms with Gasteiger partial charge in [-0.2, -0.15) is 0 Å². The number of nitrogens with two attached hydrogens (primary N) is 1. The third kappa shape index (κ3) is 1.59. The second-order valence-electron chi connectivity index (χ2n) is 2.88. The van der Waals surface area contributed by atoms with E-state index in [0.29, 0.717) is 16.1 Å². The molecule has 1 aromatic carbocycles. The molecule has 1 aromatic rings. The van der Waals surface area contributed by atoms with Crippen molar-refractivity contribution >= 4 is 11.6 Å². The van der Waals surface area contributed by atoms with Crippen molar-refractivity contribution in [2.24, 2.45) is 5.73 Å². The lowest BCUT2D eigenvalue weighted by atomic mass is 10.1. The number of benzene rings is 1. The smallest absolute Gasteiger partial charge is 0.132 e. The molecule has 0 amide bonds. The Morgan fingerprint density at radius 2 is 2.08 bits per heavy atom. The highest BCUT2D eigenvalue weighted by atomic mass is 35.5. The summed E-state index contributed by atoms with van der Waals surface area (Å²) in [4.78, 5) is 0. The zero-order chi connectivity index (χ0) is 9.30. The van der Waals surface area contributed by atoms with E-state index in [9.17, 15) is 4.39 Å². The average molecular weight is 188 g/mol. The number of rotatable bonds is 1. The van der Waals surface area contributed by atoms with Gasteiger partial charge in [0, 0.05) is 16.6 Å². The Labute approximate surface area is 76.3 Å². The summed E-state index contributed by atoms with van der Waals surface area (Å²) in [6.07, 6.45) is 0. The average Bonchev–Trinajstić information content (AvgIpc) is 1.97. The second-order valence-corrected chi connectivity index (χ2v) is 3.29. The molecule has 0 unspecified atom stereocenters. The number of halogens is 2. The minimum atomic E-state index is -0.364. The zero-order valence-corrected chi connectivity index (χ0v) is 7.82. The molecule has 66 valence electrons. The fraction of sp³-hybridized carbons (Fsp3) is 0.333. The lowest BCUT2D eigenvalue weighted by Gasteiger charge is -2.10. The summed E-state index contributed by atoms with van der Waals surface area (Å²) in [6.45, 7) is 3.40. The van der Waals surface area contributed by atoms with E-state index in [1.165, 1.54) is 0 Å². The van der Waals surface area contributed by atoms with Crippen LogP contribution in [0, 0.1) is 12.7 Å². The Kier molecular flexibility index (Phi) is 2.70. The van der Waals surface area contributed by atoms with Crippen LogP contribution < -0.4 is 5.73 Å². The first-order valence-electron chi connectivity index (χ1n) is 3.74. The van der Waals surface area contributed by atoms with Gasteiger partial charge in [-0.25, -0.2) is 4.39 Å². The molecule has 0 aliphatic rings. The van der Waals surface area contributed by atoms with E-state index in [-0.39, 0.29) is 11.9 Å². The van der Waals surface area contributed by atoms with Crippen LogP contribution in [0.1, 0.15) is 24.1 Å². The van der Waals surface area contributed by atoms with Gasteiger partial charge in [-0.05, 0) is 25.5 Å². The SMILES string of the molecule is Cc1ccc(Cl)c([C@@H](C)N)c1F. The van der Waals surface area contributed by atoms with E-state index in [1.54, 1.807) is 26.0 Å². The summed E-state index contributed by atoms with van der Waals surface area (Å²) in [5.74, 6) is -0.294. The molecule has 0 spiro atoms. The largest absolute Gasteiger partial charge is 0.324 e. The molecule has 0 heterocycles. The Morgan fingerprint density at radius 3 is 2.50 bits per heavy atom. The maximum Gasteiger partial charge on any atom is 0.132 e. The predicted octanol–water partition coefficient (Wildman–Crippen LogP) is 2.81. The van der Waals surface area contributed by atoms with Crippen LogP contribution in [-0.4, -0.2) is 0 Å². The lowest BCUT2D eigenvalue weighted by Crippen LogP contribution is -2.09. The van der Waals surface area contributed by atoms with E-state index in [2.05, 4.69) is 0 Å². The Morgan fingerprint density at radius 1 is 1.50 bits per heavy atom. The quantitative estimate of drug-likeness (QED) is 0.719. The molecule has 0 fully saturated rings. The summed E-state index contributed by atoms with van der Waals surface area (Å²) in [7, 11) is 0. The van der Waals surface area contributed by atoms with E-state index in [0.717, 1.165) is 0 Å². The Balaban J connectivity index is 3.33. The Bertz CT molecular complexity index is 297. The standard InChI is InChI=1S/C9H11ClFN/c1-5-3-4-7(10)8(6(2)12)9(5)11/h3-4,6H,12H2,1-2H3/t6-/m1/s1. The van der Waals surface area contributed by atoms with Crippen LogP contribution in [0.3, 0.4) is 0 Å². The van der Waals surface area contributed by atoms with E-state index in [1.807, 2.05) is 0 Å². The summed E-state index contributed by atoms with van der Waals surface area (Å²) in [5.41, 5.74) is 6.54. The number of hydrogen-bond donors (Lipinski definition) is 1. The summed E-state index contributed by atoms with van der Waals surface area (Å²) < 4.78 is 13.3. The summed E-state index contributed by atoms with van der Waals surface area (Å²) in [5, 5.41) is 0.396. The van der Waals surface area contributed by atoms with Gasteiger partial charge < -0.3 is 5.73 Å². The molecule has 1 nitrogen and oxygen atoms in total. The van der Waals surface area contributed by atoms with Crippen LogP contribution in [0.25, 0.3) is 0 Å². The van der Waals surface area contributed by atoms with Gasteiger partial charge >= 0.3 is 0 Å². The van der Waals surface area contributed by atoms with Crippen molar-refractivity contribution in [2.75, 3.05) is 0 Å². The van der Waals surface area contributed by atoms with Gasteiger partial charge in [-0.3, -0.25) is 0 Å². The van der Waals surface area contributed by atoms with Gasteiger partial charge in [0.2, 0.25) is 0 Å². The Hall–Kier alpha value is -0.600. The first kappa shape index (κ1) is 9.49. The van der Waals surface area contributed by atoms with Gasteiger partial charge in [0.05, 0.1) is 0 Å². The summed E-state index contributed by atoms with van der Waals surface area (Å²) in [6, 6.07) is 2.94. The van der Waals surface area contributed by atoms with Crippen molar-refractivity contribution in [3.63, 3.8) is 0 Å². The van der Waals surface area contributed by atoms with E-state index >= 15 is 0 Å². The van der Waals surface area contributed by atoms with Crippen molar-refractivity contribution < 1.29 is 4.39 Å². The fourth-order valence-electron chi connectivity index (χ4n) is 1.10. The summed E-state index contributed by atoms with van der Waals surface area (Å²) >= 11 is 5.78. The van der Waals surface area contributed by atoms with Crippen molar-refractivity contribution in [3.8, 4) is 0 Å². The predicted molar refractivity (Wildman–Crippen MR) is 48.7 cm³/mol. The minimum Gasteiger partial charge on any atom is -0.324 e. The highest BCUT2D eigenvalue weighted by Crippen LogP contribution is 2.26. The molecule has 0 bridgehead atoms. The number of hydrogen-bond acceptors (Lipinski definition) is 1. The van der Waals surface area contributed by atoms with Crippen LogP contribution in [0.2, 0.25) is 5.02 Å². The molecule has 12 heavy (non-hydrogen) atoms. The van der Waals surface area contributed by atoms with Gasteiger partial charge in [0.25, 0.3) is 0 Å². The van der Waals surface area contributed by atoms with Gasteiger partial charge in [0.1, 0.15) is 5.82 Å². The molecule has 3 heteroatoms. The molecule has 0 aliphatic carbocycles. The van der Waals surface area contributed by atoms with Gasteiger partial charge in [-0.15, -0.1) is 0 Å². The molecule has 1 atom stereocenters. The lowest BCUT2D eigenvalue weighted by molar-refractivity contribution is 0.585. The van der Waals surface area contributed by atoms with Crippen LogP contribution in [0.15, 0.2) is 12.1 Å². The highest BCUT2D eigenvalue weighted by molar-refractivity contribution is 6.31. The van der Waals surface area contributed by atoms with Crippen molar-refractivity contribution in [2.45, 2.75) is 19.9 Å². The fourth-order valence-corrected chi connectivity index (χ4v) is 1.41. The van der Waals surface area contributed by atoms with E-state index in [4.69, 9.17) is 17.3 Å². The maximum absolute atomic E-state index is 13.3. The molecule has 0 aliphatic heterocycles. The molecule has 2 N–H and O–H groups in total. The van der Waals surface area contributed by atoms with Crippen LogP contribution in [0.5, 0.6) is 0 Å². The third-order valence-electron chi connectivity index (χ3n) is 1.77.